The molecule has 1 amide bonds. The van der Waals surface area contributed by atoms with Crippen molar-refractivity contribution in [2.45, 2.75) is 18.9 Å². The number of hydrogen-bond acceptors (Lipinski definition) is 3. The Kier molecular flexibility index (Phi) is 3.92. The van der Waals surface area contributed by atoms with E-state index in [1.54, 1.807) is 6.20 Å². The van der Waals surface area contributed by atoms with Crippen LogP contribution in [-0.4, -0.2) is 58.5 Å². The van der Waals surface area contributed by atoms with Crippen molar-refractivity contribution < 1.29 is 4.79 Å². The van der Waals surface area contributed by atoms with Crippen LogP contribution in [0.2, 0.25) is 5.15 Å². The molecule has 1 aliphatic rings. The van der Waals surface area contributed by atoms with Gasteiger partial charge in [-0.15, -0.1) is 0 Å². The van der Waals surface area contributed by atoms with E-state index in [-0.39, 0.29) is 5.91 Å². The first-order valence-electron chi connectivity index (χ1n) is 6.09. The Morgan fingerprint density at radius 2 is 2.22 bits per heavy atom. The van der Waals surface area contributed by atoms with Gasteiger partial charge >= 0.3 is 0 Å². The van der Waals surface area contributed by atoms with E-state index >= 15 is 0 Å². The Morgan fingerprint density at radius 1 is 1.56 bits per heavy atom. The second-order valence-corrected chi connectivity index (χ2v) is 5.36. The first kappa shape index (κ1) is 13.4. The predicted octanol–water partition coefficient (Wildman–Crippen LogP) is 0.778. The average molecular weight is 271 g/mol. The summed E-state index contributed by atoms with van der Waals surface area (Å²) in [5, 5.41) is 0.606. The van der Waals surface area contributed by atoms with Gasteiger partial charge in [0.2, 0.25) is 5.91 Å². The first-order chi connectivity index (χ1) is 8.49. The highest BCUT2D eigenvalue weighted by molar-refractivity contribution is 6.29. The van der Waals surface area contributed by atoms with Crippen LogP contribution in [0.25, 0.3) is 0 Å². The molecule has 0 aliphatic carbocycles. The van der Waals surface area contributed by atoms with Crippen molar-refractivity contribution in [3.05, 3.63) is 17.2 Å². The van der Waals surface area contributed by atoms with Crippen LogP contribution in [0.3, 0.4) is 0 Å². The number of hydrogen-bond donors (Lipinski definition) is 0. The zero-order valence-corrected chi connectivity index (χ0v) is 11.8. The third-order valence-electron chi connectivity index (χ3n) is 3.54. The van der Waals surface area contributed by atoms with E-state index < -0.39 is 0 Å². The van der Waals surface area contributed by atoms with Gasteiger partial charge in [0.05, 0.1) is 6.20 Å². The second-order valence-electron chi connectivity index (χ2n) is 4.97. The van der Waals surface area contributed by atoms with E-state index in [0.717, 1.165) is 18.9 Å². The number of carbonyl (C=O) groups is 1. The number of imidazole rings is 1. The Bertz CT molecular complexity index is 437. The molecule has 0 radical (unpaired) electrons. The highest BCUT2D eigenvalue weighted by Gasteiger charge is 2.31. The van der Waals surface area contributed by atoms with Crippen LogP contribution in [0.4, 0.5) is 0 Å². The van der Waals surface area contributed by atoms with Gasteiger partial charge in [0, 0.05) is 39.0 Å². The third kappa shape index (κ3) is 2.67. The van der Waals surface area contributed by atoms with Gasteiger partial charge in [0.25, 0.3) is 0 Å². The largest absolute Gasteiger partial charge is 0.339 e. The van der Waals surface area contributed by atoms with Crippen LogP contribution < -0.4 is 0 Å². The number of amides is 1. The lowest BCUT2D eigenvalue weighted by molar-refractivity contribution is -0.137. The number of aryl methyl sites for hydroxylation is 1. The molecule has 1 aromatic rings. The third-order valence-corrected chi connectivity index (χ3v) is 3.89. The van der Waals surface area contributed by atoms with Gasteiger partial charge in [0.1, 0.15) is 11.0 Å². The number of nitrogens with zero attached hydrogens (tertiary/aromatic N) is 4. The summed E-state index contributed by atoms with van der Waals surface area (Å²) < 4.78 is 1.81. The quantitative estimate of drug-likeness (QED) is 0.812. The van der Waals surface area contributed by atoms with Crippen molar-refractivity contribution in [1.29, 1.82) is 0 Å². The topological polar surface area (TPSA) is 41.4 Å². The van der Waals surface area contributed by atoms with Crippen molar-refractivity contribution in [1.82, 2.24) is 19.4 Å². The molecule has 0 saturated carbocycles. The van der Waals surface area contributed by atoms with Crippen LogP contribution in [0, 0.1) is 0 Å². The van der Waals surface area contributed by atoms with Crippen molar-refractivity contribution in [2.24, 2.45) is 7.05 Å². The zero-order valence-electron chi connectivity index (χ0n) is 11.1. The number of halogens is 1. The van der Waals surface area contributed by atoms with Crippen LogP contribution in [0.1, 0.15) is 12.2 Å². The smallest absolute Gasteiger partial charge is 0.223 e. The summed E-state index contributed by atoms with van der Waals surface area (Å²) >= 11 is 5.90. The van der Waals surface area contributed by atoms with Crippen LogP contribution in [-0.2, 0) is 18.3 Å². The van der Waals surface area contributed by atoms with Gasteiger partial charge in [-0.2, -0.15) is 0 Å². The van der Waals surface area contributed by atoms with E-state index in [1.807, 2.05) is 30.6 Å². The minimum absolute atomic E-state index is 0.201. The first-order valence-corrected chi connectivity index (χ1v) is 6.47. The molecular formula is C12H19ClN4O. The number of carbonyl (C=O) groups excluding carboxylic acids is 1. The van der Waals surface area contributed by atoms with Gasteiger partial charge in [-0.1, -0.05) is 11.6 Å². The summed E-state index contributed by atoms with van der Waals surface area (Å²) in [5.74, 6) is 1.06. The van der Waals surface area contributed by atoms with Gasteiger partial charge < -0.3 is 14.4 Å². The second kappa shape index (κ2) is 5.28. The van der Waals surface area contributed by atoms with Crippen LogP contribution in [0.5, 0.6) is 0 Å². The van der Waals surface area contributed by atoms with Crippen LogP contribution >= 0.6 is 11.6 Å². The molecule has 0 N–H and O–H groups in total. The van der Waals surface area contributed by atoms with E-state index in [9.17, 15) is 4.79 Å². The molecule has 2 heterocycles. The summed E-state index contributed by atoms with van der Waals surface area (Å²) in [6.45, 7) is 1.68. The molecular weight excluding hydrogens is 252 g/mol. The number of aromatic nitrogens is 2. The fourth-order valence-corrected chi connectivity index (χ4v) is 2.17. The van der Waals surface area contributed by atoms with Gasteiger partial charge in [-0.05, 0) is 14.1 Å². The molecule has 1 aromatic heterocycles. The van der Waals surface area contributed by atoms with Gasteiger partial charge in [-0.25, -0.2) is 4.98 Å². The normalized spacial score (nSPS) is 16.2. The zero-order chi connectivity index (χ0) is 13.3. The molecule has 6 heteroatoms. The lowest BCUT2D eigenvalue weighted by atomic mass is 10.1. The molecule has 0 bridgehead atoms. The molecule has 100 valence electrons. The molecule has 1 saturated heterocycles. The fraction of sp³-hybridized carbons (Fsp3) is 0.667. The Balaban J connectivity index is 1.78. The standard InChI is InChI=1S/C12H19ClN4O/c1-15(2)9-7-17(8-9)12(18)5-4-11-14-6-10(13)16(11)3/h6,9H,4-5,7-8H2,1-3H3. The molecule has 0 aromatic carbocycles. The summed E-state index contributed by atoms with van der Waals surface area (Å²) in [6, 6.07) is 0.511. The van der Waals surface area contributed by atoms with Crippen molar-refractivity contribution in [3.63, 3.8) is 0 Å². The highest BCUT2D eigenvalue weighted by Crippen LogP contribution is 2.15. The maximum atomic E-state index is 11.9. The van der Waals surface area contributed by atoms with E-state index in [2.05, 4.69) is 9.88 Å². The summed E-state index contributed by atoms with van der Waals surface area (Å²) in [7, 11) is 5.95. The molecule has 0 unspecified atom stereocenters. The number of rotatable bonds is 4. The minimum atomic E-state index is 0.201. The Labute approximate surface area is 112 Å². The summed E-state index contributed by atoms with van der Waals surface area (Å²) in [5.41, 5.74) is 0. The lowest BCUT2D eigenvalue weighted by Crippen LogP contribution is -2.59. The van der Waals surface area contributed by atoms with Crippen molar-refractivity contribution >= 4 is 17.5 Å². The van der Waals surface area contributed by atoms with Gasteiger partial charge in [-0.3, -0.25) is 4.79 Å². The predicted molar refractivity (Wildman–Crippen MR) is 70.6 cm³/mol. The molecule has 1 aliphatic heterocycles. The van der Waals surface area contributed by atoms with E-state index in [0.29, 0.717) is 24.0 Å². The van der Waals surface area contributed by atoms with Gasteiger partial charge in [0.15, 0.2) is 0 Å². The minimum Gasteiger partial charge on any atom is -0.339 e. The molecule has 0 atom stereocenters. The Hall–Kier alpha value is -1.07. The molecule has 1 fully saturated rings. The molecule has 2 rings (SSSR count). The van der Waals surface area contributed by atoms with Crippen molar-refractivity contribution in [3.8, 4) is 0 Å². The summed E-state index contributed by atoms with van der Waals surface area (Å²) in [4.78, 5) is 20.2. The lowest BCUT2D eigenvalue weighted by Gasteiger charge is -2.42. The SMILES string of the molecule is CN(C)C1CN(C(=O)CCc2ncc(Cl)n2C)C1. The van der Waals surface area contributed by atoms with E-state index in [4.69, 9.17) is 11.6 Å². The number of likely N-dealkylation sites (tertiary alicyclic amines) is 1. The fourth-order valence-electron chi connectivity index (χ4n) is 2.02. The maximum Gasteiger partial charge on any atom is 0.223 e. The van der Waals surface area contributed by atoms with E-state index in [1.165, 1.54) is 0 Å². The average Bonchev–Trinajstić information content (AvgIpc) is 2.54. The Morgan fingerprint density at radius 3 is 2.72 bits per heavy atom. The molecule has 18 heavy (non-hydrogen) atoms. The van der Waals surface area contributed by atoms with Crippen LogP contribution in [0.15, 0.2) is 6.20 Å². The molecule has 0 spiro atoms. The maximum absolute atomic E-state index is 11.9. The molecule has 5 nitrogen and oxygen atoms in total. The highest BCUT2D eigenvalue weighted by atomic mass is 35.5. The van der Waals surface area contributed by atoms with Crippen molar-refractivity contribution in [2.75, 3.05) is 27.2 Å². The summed E-state index contributed by atoms with van der Waals surface area (Å²) in [6.07, 6.45) is 2.76. The monoisotopic (exact) mass is 270 g/mol. The number of likely N-dealkylation sites (N-methyl/N-ethyl adjacent to an activating group) is 1.